The maximum Gasteiger partial charge on any atom is 0.335 e. The van der Waals surface area contributed by atoms with Crippen molar-refractivity contribution >= 4 is 23.0 Å². The Labute approximate surface area is 173 Å². The Balaban J connectivity index is 1.31. The Morgan fingerprint density at radius 2 is 1.59 bits per heavy atom. The van der Waals surface area contributed by atoms with Gasteiger partial charge in [0.1, 0.15) is 10.0 Å². The van der Waals surface area contributed by atoms with Gasteiger partial charge in [0.15, 0.2) is 0 Å². The van der Waals surface area contributed by atoms with Crippen LogP contribution in [-0.2, 0) is 0 Å². The second-order valence-corrected chi connectivity index (χ2v) is 8.60. The second-order valence-electron chi connectivity index (χ2n) is 7.62. The smallest absolute Gasteiger partial charge is 0.335 e. The summed E-state index contributed by atoms with van der Waals surface area (Å²) in [5.41, 5.74) is 3.48. The summed E-state index contributed by atoms with van der Waals surface area (Å²) < 4.78 is 0. The molecule has 5 rings (SSSR count). The number of hydrogen-bond donors (Lipinski definition) is 1. The summed E-state index contributed by atoms with van der Waals surface area (Å²) in [5.74, 6) is -0.927. The molecule has 2 aromatic carbocycles. The first-order chi connectivity index (χ1) is 14.2. The van der Waals surface area contributed by atoms with E-state index in [-0.39, 0.29) is 5.56 Å². The number of aromatic carboxylic acids is 1. The Morgan fingerprint density at radius 1 is 0.931 bits per heavy atom. The van der Waals surface area contributed by atoms with E-state index in [1.54, 1.807) is 24.3 Å². The van der Waals surface area contributed by atoms with Crippen LogP contribution in [-0.4, -0.2) is 58.4 Å². The van der Waals surface area contributed by atoms with Crippen LogP contribution in [0.2, 0.25) is 0 Å². The molecule has 29 heavy (non-hydrogen) atoms. The zero-order valence-corrected chi connectivity index (χ0v) is 16.8. The standard InChI is InChI=1S/C22H22N4O2S/c27-22(28)17-5-3-15(4-6-17)20-23-24-21(29-20)16-7-9-18(10-8-16)26-13-12-25-11-1-2-19(25)14-26/h3-10,19H,1-2,11-14H2,(H,27,28). The van der Waals surface area contributed by atoms with Gasteiger partial charge in [-0.15, -0.1) is 10.2 Å². The van der Waals surface area contributed by atoms with Gasteiger partial charge in [-0.05, 0) is 55.8 Å². The number of carboxylic acid groups (broad SMARTS) is 1. The van der Waals surface area contributed by atoms with Crippen LogP contribution >= 0.6 is 11.3 Å². The highest BCUT2D eigenvalue weighted by atomic mass is 32.1. The van der Waals surface area contributed by atoms with Crippen molar-refractivity contribution in [1.29, 1.82) is 0 Å². The minimum absolute atomic E-state index is 0.271. The van der Waals surface area contributed by atoms with Crippen molar-refractivity contribution in [2.24, 2.45) is 0 Å². The van der Waals surface area contributed by atoms with E-state index >= 15 is 0 Å². The molecule has 0 spiro atoms. The molecule has 2 fully saturated rings. The minimum atomic E-state index is -0.927. The van der Waals surface area contributed by atoms with Crippen molar-refractivity contribution < 1.29 is 9.90 Å². The van der Waals surface area contributed by atoms with Gasteiger partial charge in [-0.2, -0.15) is 0 Å². The first-order valence-electron chi connectivity index (χ1n) is 9.94. The maximum atomic E-state index is 11.0. The van der Waals surface area contributed by atoms with E-state index in [1.165, 1.54) is 36.4 Å². The molecule has 1 atom stereocenters. The predicted octanol–water partition coefficient (Wildman–Crippen LogP) is 3.85. The normalized spacial score (nSPS) is 19.3. The van der Waals surface area contributed by atoms with Crippen molar-refractivity contribution in [3.05, 3.63) is 54.1 Å². The van der Waals surface area contributed by atoms with Gasteiger partial charge >= 0.3 is 5.97 Å². The lowest BCUT2D eigenvalue weighted by Crippen LogP contribution is -2.50. The van der Waals surface area contributed by atoms with Crippen LogP contribution in [0.3, 0.4) is 0 Å². The van der Waals surface area contributed by atoms with Crippen LogP contribution in [0.25, 0.3) is 21.1 Å². The fraction of sp³-hybridized carbons (Fsp3) is 0.318. The van der Waals surface area contributed by atoms with Gasteiger partial charge in [0.05, 0.1) is 5.56 Å². The Bertz CT molecular complexity index is 1020. The molecule has 0 bridgehead atoms. The van der Waals surface area contributed by atoms with E-state index in [1.807, 2.05) is 0 Å². The third kappa shape index (κ3) is 3.63. The number of piperazine rings is 1. The van der Waals surface area contributed by atoms with Gasteiger partial charge in [-0.3, -0.25) is 4.90 Å². The fourth-order valence-corrected chi connectivity index (χ4v) is 5.11. The molecular weight excluding hydrogens is 384 g/mol. The third-order valence-corrected chi connectivity index (χ3v) is 6.89. The average Bonchev–Trinajstić information content (AvgIpc) is 3.43. The molecule has 1 aromatic heterocycles. The lowest BCUT2D eigenvalue weighted by atomic mass is 10.1. The molecule has 148 valence electrons. The molecule has 0 amide bonds. The quantitative estimate of drug-likeness (QED) is 0.710. The number of carbonyl (C=O) groups is 1. The van der Waals surface area contributed by atoms with Crippen LogP contribution in [0.1, 0.15) is 23.2 Å². The largest absolute Gasteiger partial charge is 0.478 e. The van der Waals surface area contributed by atoms with E-state index in [2.05, 4.69) is 44.3 Å². The number of anilines is 1. The molecule has 7 heteroatoms. The molecule has 1 unspecified atom stereocenters. The Hall–Kier alpha value is -2.77. The summed E-state index contributed by atoms with van der Waals surface area (Å²) in [5, 5.41) is 19.3. The van der Waals surface area contributed by atoms with Crippen LogP contribution in [0, 0.1) is 0 Å². The van der Waals surface area contributed by atoms with Crippen LogP contribution < -0.4 is 4.90 Å². The molecule has 1 N–H and O–H groups in total. The van der Waals surface area contributed by atoms with Crippen molar-refractivity contribution in [3.63, 3.8) is 0 Å². The zero-order valence-electron chi connectivity index (χ0n) is 16.0. The average molecular weight is 407 g/mol. The molecule has 0 aliphatic carbocycles. The van der Waals surface area contributed by atoms with Crippen LogP contribution in [0.5, 0.6) is 0 Å². The van der Waals surface area contributed by atoms with Crippen LogP contribution in [0.15, 0.2) is 48.5 Å². The van der Waals surface area contributed by atoms with Crippen molar-refractivity contribution in [2.45, 2.75) is 18.9 Å². The molecule has 0 saturated carbocycles. The lowest BCUT2D eigenvalue weighted by Gasteiger charge is -2.38. The molecule has 2 saturated heterocycles. The summed E-state index contributed by atoms with van der Waals surface area (Å²) in [4.78, 5) is 16.1. The number of fused-ring (bicyclic) bond motifs is 1. The number of nitrogens with zero attached hydrogens (tertiary/aromatic N) is 4. The number of rotatable bonds is 4. The molecule has 3 aromatic rings. The van der Waals surface area contributed by atoms with E-state index in [4.69, 9.17) is 5.11 Å². The van der Waals surface area contributed by atoms with Crippen molar-refractivity contribution in [1.82, 2.24) is 15.1 Å². The highest BCUT2D eigenvalue weighted by molar-refractivity contribution is 7.17. The predicted molar refractivity (Wildman–Crippen MR) is 115 cm³/mol. The summed E-state index contributed by atoms with van der Waals surface area (Å²) in [6.07, 6.45) is 2.64. The Morgan fingerprint density at radius 3 is 2.24 bits per heavy atom. The first kappa shape index (κ1) is 18.3. The minimum Gasteiger partial charge on any atom is -0.478 e. The molecule has 2 aliphatic heterocycles. The number of hydrogen-bond acceptors (Lipinski definition) is 6. The van der Waals surface area contributed by atoms with Crippen molar-refractivity contribution in [3.8, 4) is 21.1 Å². The van der Waals surface area contributed by atoms with Gasteiger partial charge in [-0.1, -0.05) is 23.5 Å². The second kappa shape index (κ2) is 7.57. The molecule has 0 radical (unpaired) electrons. The SMILES string of the molecule is O=C(O)c1ccc(-c2nnc(-c3ccc(N4CCN5CCCC5C4)cc3)s2)cc1. The topological polar surface area (TPSA) is 69.6 Å². The van der Waals surface area contributed by atoms with Gasteiger partial charge in [0.2, 0.25) is 0 Å². The summed E-state index contributed by atoms with van der Waals surface area (Å²) in [6, 6.07) is 16.1. The molecule has 3 heterocycles. The lowest BCUT2D eigenvalue weighted by molar-refractivity contribution is 0.0697. The summed E-state index contributed by atoms with van der Waals surface area (Å²) in [7, 11) is 0. The summed E-state index contributed by atoms with van der Waals surface area (Å²) in [6.45, 7) is 4.63. The number of carboxylic acids is 1. The van der Waals surface area contributed by atoms with E-state index < -0.39 is 5.97 Å². The van der Waals surface area contributed by atoms with Gasteiger partial charge in [-0.25, -0.2) is 4.79 Å². The van der Waals surface area contributed by atoms with Gasteiger partial charge in [0, 0.05) is 42.5 Å². The number of benzene rings is 2. The highest BCUT2D eigenvalue weighted by Gasteiger charge is 2.30. The van der Waals surface area contributed by atoms with E-state index in [9.17, 15) is 4.79 Å². The number of aromatic nitrogens is 2. The molecule has 6 nitrogen and oxygen atoms in total. The van der Waals surface area contributed by atoms with Gasteiger partial charge in [0.25, 0.3) is 0 Å². The molecule has 2 aliphatic rings. The fourth-order valence-electron chi connectivity index (χ4n) is 4.25. The highest BCUT2D eigenvalue weighted by Crippen LogP contribution is 2.32. The van der Waals surface area contributed by atoms with Gasteiger partial charge < -0.3 is 10.0 Å². The zero-order chi connectivity index (χ0) is 19.8. The molecular formula is C22H22N4O2S. The van der Waals surface area contributed by atoms with Crippen molar-refractivity contribution in [2.75, 3.05) is 31.1 Å². The Kier molecular flexibility index (Phi) is 4.77. The first-order valence-corrected chi connectivity index (χ1v) is 10.8. The summed E-state index contributed by atoms with van der Waals surface area (Å²) >= 11 is 1.52. The maximum absolute atomic E-state index is 11.0. The monoisotopic (exact) mass is 406 g/mol. The van der Waals surface area contributed by atoms with E-state index in [0.717, 1.165) is 40.8 Å². The van der Waals surface area contributed by atoms with Crippen LogP contribution in [0.4, 0.5) is 5.69 Å². The van der Waals surface area contributed by atoms with E-state index in [0.29, 0.717) is 6.04 Å². The third-order valence-electron chi connectivity index (χ3n) is 5.87.